The summed E-state index contributed by atoms with van der Waals surface area (Å²) in [4.78, 5) is 0. The first-order valence-corrected chi connectivity index (χ1v) is 50.6. The zero-order valence-electron chi connectivity index (χ0n) is 79.6. The van der Waals surface area contributed by atoms with Crippen LogP contribution in [0.4, 0.5) is 0 Å². The van der Waals surface area contributed by atoms with Crippen LogP contribution in [-0.4, -0.2) is 18.3 Å². The first kappa shape index (κ1) is 82.6. The molecule has 1 aliphatic carbocycles. The van der Waals surface area contributed by atoms with Crippen LogP contribution in [0.3, 0.4) is 0 Å². The number of hydrogen-bond acceptors (Lipinski definition) is 0. The molecule has 0 radical (unpaired) electrons. The molecular weight excluding hydrogens is 1760 g/mol. The van der Waals surface area contributed by atoms with Gasteiger partial charge in [-0.25, -0.2) is 0 Å². The number of aromatic nitrogens is 4. The molecule has 146 heavy (non-hydrogen) atoms. The summed E-state index contributed by atoms with van der Waals surface area (Å²) in [5.74, 6) is 0. The fraction of sp³-hybridized carbons (Fsp3) is 0. The number of rotatable bonds is 12. The van der Waals surface area contributed by atoms with Gasteiger partial charge in [-0.2, -0.15) is 0 Å². The first-order valence-electron chi connectivity index (χ1n) is 50.6. The van der Waals surface area contributed by atoms with Gasteiger partial charge in [0.05, 0.1) is 44.1 Å². The van der Waals surface area contributed by atoms with Crippen LogP contribution in [0.2, 0.25) is 0 Å². The van der Waals surface area contributed by atoms with Gasteiger partial charge in [0.15, 0.2) is 0 Å². The molecule has 676 valence electrons. The molecule has 4 heteroatoms. The molecule has 0 atom stereocenters. The van der Waals surface area contributed by atoms with Crippen molar-refractivity contribution < 1.29 is 0 Å². The normalized spacial score (nSPS) is 12.0. The van der Waals surface area contributed by atoms with Crippen LogP contribution >= 0.6 is 0 Å². The molecule has 0 amide bonds. The quantitative estimate of drug-likeness (QED) is 0.109. The highest BCUT2D eigenvalue weighted by atomic mass is 15.0. The van der Waals surface area contributed by atoms with E-state index in [0.717, 1.165) is 22.7 Å². The van der Waals surface area contributed by atoms with Gasteiger partial charge in [-0.1, -0.05) is 394 Å². The van der Waals surface area contributed by atoms with Gasteiger partial charge in [-0.15, -0.1) is 0 Å². The Balaban J connectivity index is 0.000000136. The molecule has 4 aromatic heterocycles. The highest BCUT2D eigenvalue weighted by Gasteiger charge is 2.27. The summed E-state index contributed by atoms with van der Waals surface area (Å²) in [6.07, 6.45) is 0. The monoisotopic (exact) mass is 1850 g/mol. The zero-order chi connectivity index (χ0) is 95.7. The van der Waals surface area contributed by atoms with Crippen molar-refractivity contribution in [3.05, 3.63) is 534 Å². The van der Waals surface area contributed by atoms with Gasteiger partial charge in [-0.3, -0.25) is 0 Å². The van der Waals surface area contributed by atoms with Crippen LogP contribution in [0.25, 0.3) is 297 Å². The molecule has 0 aliphatic heterocycles. The Morgan fingerprint density at radius 1 is 0.0959 bits per heavy atom. The Morgan fingerprint density at radius 2 is 0.397 bits per heavy atom. The first-order chi connectivity index (χ1) is 72.4. The van der Waals surface area contributed by atoms with Crippen molar-refractivity contribution in [1.29, 1.82) is 0 Å². The maximum Gasteiger partial charge on any atom is 0.0541 e. The number of fused-ring (bicyclic) bond motifs is 27. The van der Waals surface area contributed by atoms with E-state index >= 15 is 0 Å². The summed E-state index contributed by atoms with van der Waals surface area (Å²) in [6.45, 7) is 0. The molecule has 0 N–H and O–H groups in total. The van der Waals surface area contributed by atoms with E-state index in [1.165, 1.54) is 274 Å². The van der Waals surface area contributed by atoms with Crippen LogP contribution in [0, 0.1) is 0 Å². The lowest BCUT2D eigenvalue weighted by atomic mass is 9.85. The summed E-state index contributed by atoms with van der Waals surface area (Å²) in [6, 6.07) is 197. The minimum atomic E-state index is 1.14. The van der Waals surface area contributed by atoms with Gasteiger partial charge < -0.3 is 18.3 Å². The highest BCUT2D eigenvalue weighted by Crippen LogP contribution is 2.53. The lowest BCUT2D eigenvalue weighted by Gasteiger charge is -2.18. The molecule has 0 bridgehead atoms. The second-order valence-corrected chi connectivity index (χ2v) is 39.2. The number of benzene rings is 26. The van der Waals surface area contributed by atoms with Crippen LogP contribution < -0.4 is 0 Å². The summed E-state index contributed by atoms with van der Waals surface area (Å²) in [5.41, 5.74) is 38.8. The largest absolute Gasteiger partial charge is 0.309 e. The average Bonchev–Trinajstić information content (AvgIpc) is 1.12. The minimum Gasteiger partial charge on any atom is -0.309 e. The van der Waals surface area contributed by atoms with Gasteiger partial charge in [0.2, 0.25) is 0 Å². The Labute approximate surface area is 842 Å². The van der Waals surface area contributed by atoms with Gasteiger partial charge in [0.1, 0.15) is 0 Å². The smallest absolute Gasteiger partial charge is 0.0541 e. The number of hydrogen-bond donors (Lipinski definition) is 0. The van der Waals surface area contributed by atoms with E-state index in [1.807, 2.05) is 0 Å². The third kappa shape index (κ3) is 13.2. The molecule has 0 saturated heterocycles. The standard InChI is InChI=1S/C74H46N2.C68H42N2/c1-2-15-47(16-3-1)48-29-31-49(32-30-48)50-33-38-55(39-34-50)75-69-27-12-10-24-61(69)66-44-52(36-41-71(66)75)53-37-42-72-67(45-53)62-25-11-13-28-70(62)76(72)56-19-14-18-54(43-56)65-46-68-60-23-7-6-21-58(60)59-22-8-9-26-63(59)74(68)73-57-20-5-4-17-51(57)35-40-64(65)73;1-2-11-43(12-3-1)44-21-23-45(24-22-44)46-25-32-52(33-26-46)69-64-19-8-6-15-56(64)61-40-49(30-37-66(61)69)50-31-38-67-62(41-50)57-16-7-9-20-65(57)70(67)53-34-27-47(28-35-53)48-29-36-55-59-18-10-17-58-54-14-5-4-13-51(54)42-63(68(58)59)60(55)39-48/h1-46H;1-42H. The van der Waals surface area contributed by atoms with Crippen molar-refractivity contribution in [2.24, 2.45) is 0 Å². The Hall–Kier alpha value is -19.3. The maximum absolute atomic E-state index is 2.47. The topological polar surface area (TPSA) is 19.7 Å². The molecule has 0 fully saturated rings. The van der Waals surface area contributed by atoms with Crippen LogP contribution in [-0.2, 0) is 0 Å². The molecule has 0 saturated carbocycles. The third-order valence-electron chi connectivity index (χ3n) is 31.3. The SMILES string of the molecule is c1ccc(-c2ccc(-c3ccc(-n4c5ccccc5c5cc(-c6ccc7c(c6)c6ccccc6n7-c6ccc(-c7ccc8c(c7)-c7cc9ccccc9c9cccc-8c79)cc6)ccc54)cc3)cc2)cc1.c1ccc(-c2ccc(-c3ccc(-n4c5ccccc5c5cc(-c6ccc7c(c6)c6ccccc6n7-c6cccc(-c7cc8c9ccccc9c9ccccc9c8c8c7ccc7ccccc78)c6)ccc54)cc3)cc2)cc1. The highest BCUT2D eigenvalue weighted by molar-refractivity contribution is 6.37. The molecule has 4 heterocycles. The second kappa shape index (κ2) is 33.2. The zero-order valence-corrected chi connectivity index (χ0v) is 79.6. The predicted octanol–water partition coefficient (Wildman–Crippen LogP) is 38.8. The van der Waals surface area contributed by atoms with Crippen molar-refractivity contribution in [2.75, 3.05) is 0 Å². The summed E-state index contributed by atoms with van der Waals surface area (Å²) in [7, 11) is 0. The molecule has 26 aromatic carbocycles. The van der Waals surface area contributed by atoms with E-state index in [9.17, 15) is 0 Å². The Kier molecular flexibility index (Phi) is 18.8. The number of nitrogens with zero attached hydrogens (tertiary/aromatic N) is 4. The fourth-order valence-corrected chi connectivity index (χ4v) is 24.5. The minimum absolute atomic E-state index is 1.14. The number of para-hydroxylation sites is 4. The van der Waals surface area contributed by atoms with E-state index in [2.05, 4.69) is 552 Å². The van der Waals surface area contributed by atoms with Crippen molar-refractivity contribution in [1.82, 2.24) is 18.3 Å². The van der Waals surface area contributed by atoms with Crippen LogP contribution in [0.15, 0.2) is 534 Å². The van der Waals surface area contributed by atoms with Crippen molar-refractivity contribution in [3.8, 4) is 134 Å². The summed E-state index contributed by atoms with van der Waals surface area (Å²) in [5, 5.41) is 28.1. The van der Waals surface area contributed by atoms with Gasteiger partial charge in [-0.05, 0) is 326 Å². The predicted molar refractivity (Wildman–Crippen MR) is 621 cm³/mol. The molecule has 0 spiro atoms. The van der Waals surface area contributed by atoms with E-state index in [1.54, 1.807) is 0 Å². The Morgan fingerprint density at radius 3 is 0.856 bits per heavy atom. The summed E-state index contributed by atoms with van der Waals surface area (Å²) < 4.78 is 9.70. The van der Waals surface area contributed by atoms with E-state index in [-0.39, 0.29) is 0 Å². The van der Waals surface area contributed by atoms with E-state index in [4.69, 9.17) is 0 Å². The molecule has 30 aromatic rings. The van der Waals surface area contributed by atoms with Gasteiger partial charge in [0, 0.05) is 65.8 Å². The molecule has 4 nitrogen and oxygen atoms in total. The van der Waals surface area contributed by atoms with Crippen LogP contribution in [0.1, 0.15) is 0 Å². The molecule has 1 aliphatic rings. The van der Waals surface area contributed by atoms with Crippen molar-refractivity contribution in [3.63, 3.8) is 0 Å². The summed E-state index contributed by atoms with van der Waals surface area (Å²) >= 11 is 0. The van der Waals surface area contributed by atoms with E-state index < -0.39 is 0 Å². The van der Waals surface area contributed by atoms with Crippen LogP contribution in [0.5, 0.6) is 0 Å². The maximum atomic E-state index is 2.47. The average molecular weight is 1850 g/mol. The van der Waals surface area contributed by atoms with Crippen molar-refractivity contribution in [2.45, 2.75) is 0 Å². The molecular formula is C142H88N4. The molecule has 31 rings (SSSR count). The Bertz CT molecular complexity index is 10600. The lowest BCUT2D eigenvalue weighted by molar-refractivity contribution is 1.18. The lowest BCUT2D eigenvalue weighted by Crippen LogP contribution is -1.95. The third-order valence-corrected chi connectivity index (χ3v) is 31.3. The van der Waals surface area contributed by atoms with Gasteiger partial charge in [0.25, 0.3) is 0 Å². The van der Waals surface area contributed by atoms with Gasteiger partial charge >= 0.3 is 0 Å². The van der Waals surface area contributed by atoms with Crippen molar-refractivity contribution >= 4 is 163 Å². The molecule has 0 unspecified atom stereocenters. The fourth-order valence-electron chi connectivity index (χ4n) is 24.5. The van der Waals surface area contributed by atoms with E-state index in [0.29, 0.717) is 0 Å². The second-order valence-electron chi connectivity index (χ2n) is 39.2.